The van der Waals surface area contributed by atoms with Crippen molar-refractivity contribution in [3.8, 4) is 0 Å². The lowest BCUT2D eigenvalue weighted by Gasteiger charge is -2.17. The first kappa shape index (κ1) is 26.8. The molecule has 0 spiro atoms. The van der Waals surface area contributed by atoms with Crippen molar-refractivity contribution < 1.29 is 17.2 Å². The number of aryl methyl sites for hydroxylation is 2. The maximum absolute atomic E-state index is 11.6. The van der Waals surface area contributed by atoms with Gasteiger partial charge in [-0.2, -0.15) is 0 Å². The molecule has 0 aromatic heterocycles. The quantitative estimate of drug-likeness (QED) is 0.582. The Morgan fingerprint density at radius 2 is 1.74 bits per heavy atom. The average Bonchev–Trinajstić information content (AvgIpc) is 3.44. The zero-order chi connectivity index (χ0) is 23.2. The predicted molar refractivity (Wildman–Crippen MR) is 132 cm³/mol. The molecule has 0 heterocycles. The van der Waals surface area contributed by atoms with Crippen LogP contribution in [0, 0.1) is 5.92 Å². The largest absolute Gasteiger partial charge is 0.341 e. The van der Waals surface area contributed by atoms with E-state index in [-0.39, 0.29) is 8.88 Å². The fourth-order valence-corrected chi connectivity index (χ4v) is 4.36. The molecule has 2 N–H and O–H groups in total. The zero-order valence-electron chi connectivity index (χ0n) is 19.9. The summed E-state index contributed by atoms with van der Waals surface area (Å²) in [5.74, 6) is 0.543. The van der Waals surface area contributed by atoms with Crippen molar-refractivity contribution in [3.63, 3.8) is 0 Å². The number of carbonyl (C=O) groups excluding carboxylic acids is 3. The van der Waals surface area contributed by atoms with Crippen LogP contribution < -0.4 is 10.6 Å². The van der Waals surface area contributed by atoms with E-state index in [2.05, 4.69) is 42.5 Å². The smallest absolute Gasteiger partial charge is 0.318 e. The van der Waals surface area contributed by atoms with Gasteiger partial charge < -0.3 is 25.1 Å². The molecule has 31 heavy (non-hydrogen) atoms. The van der Waals surface area contributed by atoms with E-state index in [1.54, 1.807) is 7.05 Å². The van der Waals surface area contributed by atoms with Gasteiger partial charge in [0.25, 0.3) is 0 Å². The van der Waals surface area contributed by atoms with Crippen molar-refractivity contribution in [2.75, 3.05) is 32.5 Å². The molecule has 0 bridgehead atoms. The molecule has 178 valence electrons. The lowest BCUT2D eigenvalue weighted by molar-refractivity contribution is -0.108. The number of nitrogens with zero attached hydrogens (tertiary/aromatic N) is 1. The minimum absolute atomic E-state index is 0. The van der Waals surface area contributed by atoms with Crippen LogP contribution in [0.5, 0.6) is 0 Å². The van der Waals surface area contributed by atoms with Gasteiger partial charge in [0.1, 0.15) is 13.1 Å². The van der Waals surface area contributed by atoms with Crippen molar-refractivity contribution in [1.29, 1.82) is 0 Å². The Kier molecular flexibility index (Phi) is 12.8. The number of anilines is 1. The first-order valence-corrected chi connectivity index (χ1v) is 11.6. The standard InChI is InChI=1S/C14H18N2O.C10H21NO.CH2O.2H2/c1-15-14(17)16-13-11-6-2-4-9(11)8-10-5-3-7-12(10)13;1-4-7-11(3)8-5-10(2)6-9-12;1-2;;/h8H,2-7H2,1H3,(H2,15,16,17);9-10H,4-8H2,1-3H3;1H2;2*1H. The summed E-state index contributed by atoms with van der Waals surface area (Å²) in [5, 5.41) is 5.69. The Labute approximate surface area is 191 Å². The predicted octanol–water partition coefficient (Wildman–Crippen LogP) is 4.67. The van der Waals surface area contributed by atoms with Crippen molar-refractivity contribution in [1.82, 2.24) is 10.2 Å². The van der Waals surface area contributed by atoms with E-state index < -0.39 is 0 Å². The molecule has 1 atom stereocenters. The molecule has 0 saturated heterocycles. The van der Waals surface area contributed by atoms with Crippen molar-refractivity contribution in [3.05, 3.63) is 28.3 Å². The minimum atomic E-state index is -0.0978. The number of aldehydes is 1. The highest BCUT2D eigenvalue weighted by atomic mass is 16.2. The van der Waals surface area contributed by atoms with Crippen LogP contribution in [-0.4, -0.2) is 51.2 Å². The maximum atomic E-state index is 11.6. The summed E-state index contributed by atoms with van der Waals surface area (Å²) in [6, 6.07) is 2.28. The summed E-state index contributed by atoms with van der Waals surface area (Å²) in [4.78, 5) is 32.1. The number of urea groups is 1. The van der Waals surface area contributed by atoms with Gasteiger partial charge in [0, 0.05) is 22.0 Å². The SMILES string of the molecule is C=O.CCCN(C)CCC(C)CC=O.CNC(=O)Nc1c2c(cc3c1CCC3)CCC2.[HH].[HH]. The Morgan fingerprint density at radius 1 is 1.16 bits per heavy atom. The molecule has 0 aliphatic heterocycles. The molecule has 6 heteroatoms. The van der Waals surface area contributed by atoms with Gasteiger partial charge in [0.15, 0.2) is 0 Å². The first-order valence-electron chi connectivity index (χ1n) is 11.6. The van der Waals surface area contributed by atoms with Crippen molar-refractivity contribution in [2.24, 2.45) is 5.92 Å². The number of rotatable bonds is 8. The Morgan fingerprint density at radius 3 is 2.23 bits per heavy atom. The van der Waals surface area contributed by atoms with Gasteiger partial charge in [0.2, 0.25) is 0 Å². The number of carbonyl (C=O) groups is 3. The van der Waals surface area contributed by atoms with E-state index in [9.17, 15) is 9.59 Å². The van der Waals surface area contributed by atoms with Crippen LogP contribution in [0.2, 0.25) is 0 Å². The van der Waals surface area contributed by atoms with E-state index in [0.717, 1.165) is 44.3 Å². The molecule has 3 rings (SSSR count). The molecule has 1 unspecified atom stereocenters. The summed E-state index contributed by atoms with van der Waals surface area (Å²) in [7, 11) is 3.80. The fraction of sp³-hybridized carbons (Fsp3) is 0.640. The number of benzene rings is 1. The van der Waals surface area contributed by atoms with Crippen LogP contribution in [-0.2, 0) is 35.3 Å². The third kappa shape index (κ3) is 8.44. The number of hydrogen-bond acceptors (Lipinski definition) is 4. The highest BCUT2D eigenvalue weighted by Gasteiger charge is 2.24. The van der Waals surface area contributed by atoms with E-state index in [1.807, 2.05) is 6.79 Å². The van der Waals surface area contributed by atoms with Gasteiger partial charge in [-0.1, -0.05) is 19.9 Å². The molecule has 2 aliphatic carbocycles. The average molecular weight is 436 g/mol. The van der Waals surface area contributed by atoms with Gasteiger partial charge in [-0.15, -0.1) is 0 Å². The molecule has 1 aromatic rings. The molecular weight excluding hydrogens is 390 g/mol. The highest BCUT2D eigenvalue weighted by Crippen LogP contribution is 2.38. The normalized spacial score (nSPS) is 14.4. The van der Waals surface area contributed by atoms with Crippen LogP contribution in [0.4, 0.5) is 10.5 Å². The second kappa shape index (κ2) is 14.7. The minimum Gasteiger partial charge on any atom is -0.341 e. The number of hydrogen-bond donors (Lipinski definition) is 2. The van der Waals surface area contributed by atoms with Crippen LogP contribution in [0.3, 0.4) is 0 Å². The van der Waals surface area contributed by atoms with Crippen LogP contribution in [0.1, 0.15) is 71.1 Å². The van der Waals surface area contributed by atoms with Crippen LogP contribution in [0.25, 0.3) is 0 Å². The van der Waals surface area contributed by atoms with Gasteiger partial charge >= 0.3 is 6.03 Å². The molecule has 0 saturated carbocycles. The van der Waals surface area contributed by atoms with E-state index >= 15 is 0 Å². The molecule has 6 nitrogen and oxygen atoms in total. The monoisotopic (exact) mass is 435 g/mol. The first-order chi connectivity index (χ1) is 15.0. The Hall–Kier alpha value is -2.21. The summed E-state index contributed by atoms with van der Waals surface area (Å²) in [5.41, 5.74) is 6.80. The number of nitrogens with one attached hydrogen (secondary N) is 2. The maximum Gasteiger partial charge on any atom is 0.318 e. The second-order valence-electron chi connectivity index (χ2n) is 8.54. The van der Waals surface area contributed by atoms with E-state index in [4.69, 9.17) is 4.79 Å². The topological polar surface area (TPSA) is 78.5 Å². The molecule has 1 aromatic carbocycles. The number of amides is 2. The van der Waals surface area contributed by atoms with Gasteiger partial charge in [-0.3, -0.25) is 0 Å². The Balaban J connectivity index is 0. The zero-order valence-corrected chi connectivity index (χ0v) is 19.9. The highest BCUT2D eigenvalue weighted by molar-refractivity contribution is 5.91. The van der Waals surface area contributed by atoms with Gasteiger partial charge in [-0.05, 0) is 99.7 Å². The van der Waals surface area contributed by atoms with Gasteiger partial charge in [-0.25, -0.2) is 4.79 Å². The summed E-state index contributed by atoms with van der Waals surface area (Å²) >= 11 is 0. The molecular formula is C25H45N3O3. The van der Waals surface area contributed by atoms with Crippen molar-refractivity contribution >= 4 is 24.8 Å². The fourth-order valence-electron chi connectivity index (χ4n) is 4.36. The molecule has 2 amide bonds. The lowest BCUT2D eigenvalue weighted by Crippen LogP contribution is -2.25. The summed E-state index contributed by atoms with van der Waals surface area (Å²) < 4.78 is 0. The van der Waals surface area contributed by atoms with E-state index in [0.29, 0.717) is 12.3 Å². The van der Waals surface area contributed by atoms with Gasteiger partial charge in [0.05, 0.1) is 0 Å². The van der Waals surface area contributed by atoms with Crippen molar-refractivity contribution in [2.45, 2.75) is 71.6 Å². The summed E-state index contributed by atoms with van der Waals surface area (Å²) in [6.45, 7) is 8.59. The molecule has 0 radical (unpaired) electrons. The Bertz CT molecular complexity index is 684. The third-order valence-electron chi connectivity index (χ3n) is 6.05. The lowest BCUT2D eigenvalue weighted by atomic mass is 9.99. The summed E-state index contributed by atoms with van der Waals surface area (Å²) in [6.07, 6.45) is 11.1. The molecule has 0 fully saturated rings. The molecule has 2 aliphatic rings. The number of fused-ring (bicyclic) bond motifs is 2. The third-order valence-corrected chi connectivity index (χ3v) is 6.05. The van der Waals surface area contributed by atoms with Crippen LogP contribution >= 0.6 is 0 Å². The second-order valence-corrected chi connectivity index (χ2v) is 8.54. The van der Waals surface area contributed by atoms with E-state index in [1.165, 1.54) is 54.4 Å². The van der Waals surface area contributed by atoms with Crippen LogP contribution in [0.15, 0.2) is 6.07 Å².